The Morgan fingerprint density at radius 3 is 2.58 bits per heavy atom. The van der Waals surface area contributed by atoms with Crippen molar-refractivity contribution in [3.05, 3.63) is 76.3 Å². The van der Waals surface area contributed by atoms with Crippen LogP contribution in [0.3, 0.4) is 0 Å². The Balaban J connectivity index is 1.48. The number of aliphatic hydroxyl groups is 1. The molecule has 0 radical (unpaired) electrons. The van der Waals surface area contributed by atoms with Crippen molar-refractivity contribution in [2.75, 3.05) is 18.5 Å². The number of anilines is 1. The van der Waals surface area contributed by atoms with Gasteiger partial charge in [-0.1, -0.05) is 23.7 Å². The monoisotopic (exact) mass is 484 g/mol. The molecule has 0 spiro atoms. The number of nitrogens with one attached hydrogen (secondary N) is 2. The summed E-state index contributed by atoms with van der Waals surface area (Å²) in [5, 5.41) is 18.9. The summed E-state index contributed by atoms with van der Waals surface area (Å²) in [7, 11) is 0. The average Bonchev–Trinajstić information content (AvgIpc) is 3.16. The maximum absolute atomic E-state index is 14.3. The predicted octanol–water partition coefficient (Wildman–Crippen LogP) is 4.22. The third kappa shape index (κ3) is 4.95. The van der Waals surface area contributed by atoms with E-state index in [0.29, 0.717) is 5.02 Å². The maximum Gasteiger partial charge on any atom is 0.435 e. The number of benzene rings is 2. The van der Waals surface area contributed by atoms with Gasteiger partial charge in [0.1, 0.15) is 11.4 Å². The molecule has 2 heterocycles. The number of carbonyl (C=O) groups excluding carboxylic acids is 1. The lowest BCUT2D eigenvalue weighted by atomic mass is 9.91. The predicted molar refractivity (Wildman–Crippen MR) is 111 cm³/mol. The number of halogens is 5. The van der Waals surface area contributed by atoms with E-state index in [1.165, 1.54) is 24.3 Å². The average molecular weight is 485 g/mol. The molecule has 174 valence electrons. The van der Waals surface area contributed by atoms with Crippen LogP contribution in [0.1, 0.15) is 17.0 Å². The zero-order valence-electron chi connectivity index (χ0n) is 16.8. The molecule has 1 saturated heterocycles. The van der Waals surface area contributed by atoms with Gasteiger partial charge in [-0.25, -0.2) is 13.9 Å². The number of hydrogen-bond acceptors (Lipinski definition) is 4. The van der Waals surface area contributed by atoms with E-state index in [-0.39, 0.29) is 42.4 Å². The minimum Gasteiger partial charge on any atom is -0.380 e. The molecule has 3 aromatic rings. The van der Waals surface area contributed by atoms with Crippen LogP contribution in [0, 0.1) is 5.82 Å². The Morgan fingerprint density at radius 2 is 1.97 bits per heavy atom. The number of urea groups is 1. The van der Waals surface area contributed by atoms with Crippen molar-refractivity contribution in [2.24, 2.45) is 0 Å². The second kappa shape index (κ2) is 8.65. The molecular formula is C21H17ClF4N4O3. The van der Waals surface area contributed by atoms with Crippen molar-refractivity contribution in [1.29, 1.82) is 0 Å². The van der Waals surface area contributed by atoms with Gasteiger partial charge in [0, 0.05) is 16.3 Å². The summed E-state index contributed by atoms with van der Waals surface area (Å²) in [6.07, 6.45) is -4.68. The molecule has 0 atom stereocenters. The van der Waals surface area contributed by atoms with Crippen molar-refractivity contribution in [1.82, 2.24) is 15.1 Å². The first kappa shape index (κ1) is 23.0. The fraction of sp³-hybridized carbons (Fsp3) is 0.238. The second-order valence-corrected chi connectivity index (χ2v) is 7.87. The minimum atomic E-state index is -4.68. The highest BCUT2D eigenvalue weighted by Gasteiger charge is 2.40. The van der Waals surface area contributed by atoms with Gasteiger partial charge in [0.2, 0.25) is 0 Å². The third-order valence-electron chi connectivity index (χ3n) is 4.97. The number of nitrogens with zero attached hydrogens (tertiary/aromatic N) is 2. The fourth-order valence-electron chi connectivity index (χ4n) is 3.28. The van der Waals surface area contributed by atoms with E-state index < -0.39 is 29.3 Å². The van der Waals surface area contributed by atoms with Crippen LogP contribution in [-0.2, 0) is 23.1 Å². The Morgan fingerprint density at radius 1 is 1.21 bits per heavy atom. The van der Waals surface area contributed by atoms with Crippen LogP contribution >= 0.6 is 11.6 Å². The number of alkyl halides is 3. The van der Waals surface area contributed by atoms with Crippen molar-refractivity contribution in [3.63, 3.8) is 0 Å². The molecule has 2 amide bonds. The SMILES string of the molecule is O=C(NCc1cc(C(F)(F)F)nn1-c1cccc(Cl)c1)Nc1ccc(C2(O)COC2)c(F)c1. The molecule has 0 bridgehead atoms. The number of amides is 2. The topological polar surface area (TPSA) is 88.4 Å². The number of rotatable bonds is 5. The van der Waals surface area contributed by atoms with Crippen LogP contribution in [0.25, 0.3) is 5.69 Å². The van der Waals surface area contributed by atoms with E-state index in [4.69, 9.17) is 16.3 Å². The molecule has 0 unspecified atom stereocenters. The summed E-state index contributed by atoms with van der Waals surface area (Å²) >= 11 is 5.93. The van der Waals surface area contributed by atoms with E-state index in [1.54, 1.807) is 12.1 Å². The molecule has 12 heteroatoms. The largest absolute Gasteiger partial charge is 0.435 e. The fourth-order valence-corrected chi connectivity index (χ4v) is 3.47. The highest BCUT2D eigenvalue weighted by molar-refractivity contribution is 6.30. The minimum absolute atomic E-state index is 0.0304. The quantitative estimate of drug-likeness (QED) is 0.473. The first-order valence-corrected chi connectivity index (χ1v) is 10.00. The first-order chi connectivity index (χ1) is 15.5. The first-order valence-electron chi connectivity index (χ1n) is 9.62. The van der Waals surface area contributed by atoms with Crippen LogP contribution in [0.5, 0.6) is 0 Å². The second-order valence-electron chi connectivity index (χ2n) is 7.44. The van der Waals surface area contributed by atoms with Crippen molar-refractivity contribution in [2.45, 2.75) is 18.3 Å². The van der Waals surface area contributed by atoms with Gasteiger partial charge in [-0.15, -0.1) is 0 Å². The van der Waals surface area contributed by atoms with Crippen LogP contribution < -0.4 is 10.6 Å². The Labute approximate surface area is 189 Å². The molecule has 1 aliphatic rings. The van der Waals surface area contributed by atoms with E-state index >= 15 is 0 Å². The lowest BCUT2D eigenvalue weighted by Crippen LogP contribution is -2.47. The van der Waals surface area contributed by atoms with Gasteiger partial charge in [-0.05, 0) is 36.4 Å². The molecule has 0 aliphatic carbocycles. The van der Waals surface area contributed by atoms with Crippen molar-refractivity contribution < 1.29 is 32.2 Å². The summed E-state index contributed by atoms with van der Waals surface area (Å²) in [6, 6.07) is 9.87. The summed E-state index contributed by atoms with van der Waals surface area (Å²) in [5.74, 6) is -0.729. The van der Waals surface area contributed by atoms with E-state index in [0.717, 1.165) is 16.8 Å². The Kier molecular flexibility index (Phi) is 6.04. The van der Waals surface area contributed by atoms with Gasteiger partial charge < -0.3 is 20.5 Å². The Hall–Kier alpha value is -3.15. The molecule has 33 heavy (non-hydrogen) atoms. The number of hydrogen-bond donors (Lipinski definition) is 3. The lowest BCUT2D eigenvalue weighted by Gasteiger charge is -2.36. The van der Waals surface area contributed by atoms with Gasteiger partial charge in [0.15, 0.2) is 5.69 Å². The summed E-state index contributed by atoms with van der Waals surface area (Å²) < 4.78 is 59.8. The van der Waals surface area contributed by atoms with Gasteiger partial charge >= 0.3 is 12.2 Å². The molecule has 7 nitrogen and oxygen atoms in total. The van der Waals surface area contributed by atoms with Gasteiger partial charge in [-0.3, -0.25) is 0 Å². The molecule has 3 N–H and O–H groups in total. The molecule has 0 saturated carbocycles. The number of carbonyl (C=O) groups is 1. The molecule has 1 fully saturated rings. The van der Waals surface area contributed by atoms with E-state index in [9.17, 15) is 27.5 Å². The van der Waals surface area contributed by atoms with E-state index in [2.05, 4.69) is 15.7 Å². The zero-order chi connectivity index (χ0) is 23.8. The molecule has 4 rings (SSSR count). The Bertz CT molecular complexity index is 1190. The summed E-state index contributed by atoms with van der Waals surface area (Å²) in [4.78, 5) is 12.3. The van der Waals surface area contributed by atoms with Crippen molar-refractivity contribution >= 4 is 23.3 Å². The lowest BCUT2D eigenvalue weighted by molar-refractivity contribution is -0.186. The van der Waals surface area contributed by atoms with Gasteiger partial charge in [-0.2, -0.15) is 18.3 Å². The van der Waals surface area contributed by atoms with Gasteiger partial charge in [0.05, 0.1) is 31.1 Å². The van der Waals surface area contributed by atoms with Crippen LogP contribution in [0.2, 0.25) is 5.02 Å². The number of aromatic nitrogens is 2. The van der Waals surface area contributed by atoms with Crippen LogP contribution in [0.15, 0.2) is 48.5 Å². The standard InChI is InChI=1S/C21H17ClF4N4O3/c22-12-2-1-3-14(6-12)30-15(8-18(29-30)21(24,25)26)9-27-19(31)28-13-4-5-16(17(23)7-13)20(32)10-33-11-20/h1-8,32H,9-11H2,(H2,27,28,31). The maximum atomic E-state index is 14.3. The normalized spacial score (nSPS) is 15.1. The third-order valence-corrected chi connectivity index (χ3v) is 5.20. The molecule has 1 aliphatic heterocycles. The van der Waals surface area contributed by atoms with Crippen LogP contribution in [-0.4, -0.2) is 34.1 Å². The van der Waals surface area contributed by atoms with Crippen LogP contribution in [0.4, 0.5) is 28.0 Å². The van der Waals surface area contributed by atoms with Crippen molar-refractivity contribution in [3.8, 4) is 5.69 Å². The summed E-state index contributed by atoms with van der Waals surface area (Å²) in [6.45, 7) is -0.367. The van der Waals surface area contributed by atoms with E-state index in [1.807, 2.05) is 0 Å². The highest BCUT2D eigenvalue weighted by atomic mass is 35.5. The molecule has 1 aromatic heterocycles. The smallest absolute Gasteiger partial charge is 0.380 e. The highest BCUT2D eigenvalue weighted by Crippen LogP contribution is 2.32. The van der Waals surface area contributed by atoms with Gasteiger partial charge in [0.25, 0.3) is 0 Å². The molecular weight excluding hydrogens is 468 g/mol. The zero-order valence-corrected chi connectivity index (χ0v) is 17.5. The molecule has 2 aromatic carbocycles. The summed E-state index contributed by atoms with van der Waals surface area (Å²) in [5.41, 5.74) is -2.06. The number of ether oxygens (including phenoxy) is 1.